The number of fused-ring (bicyclic) bond motifs is 1. The zero-order valence-electron chi connectivity index (χ0n) is 16.6. The van der Waals surface area contributed by atoms with Crippen molar-refractivity contribution in [1.82, 2.24) is 19.4 Å². The van der Waals surface area contributed by atoms with Crippen molar-refractivity contribution in [2.45, 2.75) is 58.1 Å². The minimum atomic E-state index is -0.427. The largest absolute Gasteiger partial charge is 0.460 e. The van der Waals surface area contributed by atoms with Crippen LogP contribution in [0.4, 0.5) is 0 Å². The van der Waals surface area contributed by atoms with Gasteiger partial charge in [0.25, 0.3) is 0 Å². The van der Waals surface area contributed by atoms with Crippen molar-refractivity contribution >= 4 is 17.0 Å². The summed E-state index contributed by atoms with van der Waals surface area (Å²) < 4.78 is 9.14. The van der Waals surface area contributed by atoms with E-state index in [2.05, 4.69) is 16.3 Å². The van der Waals surface area contributed by atoms with Gasteiger partial charge in [-0.05, 0) is 58.6 Å². The van der Waals surface area contributed by atoms with Gasteiger partial charge in [-0.15, -0.1) is 0 Å². The van der Waals surface area contributed by atoms with Gasteiger partial charge in [-0.1, -0.05) is 0 Å². The van der Waals surface area contributed by atoms with Crippen LogP contribution in [-0.2, 0) is 9.53 Å². The van der Waals surface area contributed by atoms with E-state index in [-0.39, 0.29) is 11.9 Å². The Balaban J connectivity index is 1.43. The second-order valence-electron chi connectivity index (χ2n) is 8.60. The van der Waals surface area contributed by atoms with Gasteiger partial charge in [0.15, 0.2) is 0 Å². The lowest BCUT2D eigenvalue weighted by atomic mass is 9.86. The molecule has 3 aromatic rings. The van der Waals surface area contributed by atoms with E-state index >= 15 is 0 Å². The number of rotatable bonds is 3. The quantitative estimate of drug-likeness (QED) is 0.552. The molecule has 1 aliphatic rings. The van der Waals surface area contributed by atoms with Crippen molar-refractivity contribution in [3.63, 3.8) is 0 Å². The highest BCUT2D eigenvalue weighted by molar-refractivity contribution is 5.81. The molecule has 0 bridgehead atoms. The molecule has 0 atom stereocenters. The molecule has 148 valence electrons. The highest BCUT2D eigenvalue weighted by Gasteiger charge is 2.30. The molecule has 2 N–H and O–H groups in total. The first-order valence-corrected chi connectivity index (χ1v) is 9.80. The average Bonchev–Trinajstić information content (AvgIpc) is 3.28. The number of hydrogen-bond donors (Lipinski definition) is 1. The Morgan fingerprint density at radius 3 is 2.64 bits per heavy atom. The van der Waals surface area contributed by atoms with Crippen LogP contribution in [-0.4, -0.2) is 31.0 Å². The van der Waals surface area contributed by atoms with Crippen LogP contribution in [0, 0.1) is 5.92 Å². The molecule has 28 heavy (non-hydrogen) atoms. The van der Waals surface area contributed by atoms with Gasteiger partial charge in [0.1, 0.15) is 5.60 Å². The number of carbonyl (C=O) groups is 1. The van der Waals surface area contributed by atoms with Crippen molar-refractivity contribution in [2.24, 2.45) is 5.92 Å². The lowest BCUT2D eigenvalue weighted by Gasteiger charge is -2.29. The van der Waals surface area contributed by atoms with E-state index in [1.807, 2.05) is 50.0 Å². The number of esters is 1. The van der Waals surface area contributed by atoms with Gasteiger partial charge >= 0.3 is 5.97 Å². The molecule has 1 fully saturated rings. The summed E-state index contributed by atoms with van der Waals surface area (Å²) in [5, 5.41) is 4.57. The van der Waals surface area contributed by atoms with Gasteiger partial charge in [-0.3, -0.25) is 19.1 Å². The smallest absolute Gasteiger partial charge is 0.309 e. The highest BCUT2D eigenvalue weighted by Crippen LogP contribution is 2.34. The molecule has 7 heteroatoms. The number of nitrogens with two attached hydrogens (primary N) is 1. The van der Waals surface area contributed by atoms with Crippen LogP contribution in [0.5, 0.6) is 0 Å². The molecular formula is C21H27N5O2. The molecule has 7 nitrogen and oxygen atoms in total. The van der Waals surface area contributed by atoms with Crippen LogP contribution in [0.25, 0.3) is 22.2 Å². The fourth-order valence-corrected chi connectivity index (χ4v) is 3.84. The summed E-state index contributed by atoms with van der Waals surface area (Å²) in [4.78, 5) is 16.8. The van der Waals surface area contributed by atoms with Gasteiger partial charge in [0.05, 0.1) is 29.2 Å². The Morgan fingerprint density at radius 1 is 1.18 bits per heavy atom. The van der Waals surface area contributed by atoms with Gasteiger partial charge < -0.3 is 10.6 Å². The Bertz CT molecular complexity index is 990. The van der Waals surface area contributed by atoms with E-state index in [0.29, 0.717) is 6.04 Å². The number of ether oxygens (including phenoxy) is 1. The van der Waals surface area contributed by atoms with Crippen molar-refractivity contribution in [2.75, 3.05) is 5.84 Å². The molecule has 3 heterocycles. The fraction of sp³-hybridized carbons (Fsp3) is 0.476. The predicted octanol–water partition coefficient (Wildman–Crippen LogP) is 3.69. The molecule has 4 rings (SSSR count). The Hall–Kier alpha value is -2.83. The molecule has 1 saturated carbocycles. The van der Waals surface area contributed by atoms with Crippen molar-refractivity contribution < 1.29 is 9.53 Å². The molecule has 0 aromatic carbocycles. The first-order valence-electron chi connectivity index (χ1n) is 9.80. The van der Waals surface area contributed by atoms with E-state index in [0.717, 1.165) is 47.8 Å². The van der Waals surface area contributed by atoms with E-state index in [9.17, 15) is 4.79 Å². The first-order chi connectivity index (χ1) is 13.3. The number of hydrogen-bond acceptors (Lipinski definition) is 5. The number of pyridine rings is 1. The SMILES string of the molecule is CC(C)(C)OC(=O)C1CCC(n2cc(-c3cnc4ccn(N)c4c3)cn2)CC1. The lowest BCUT2D eigenvalue weighted by Crippen LogP contribution is -2.31. The van der Waals surface area contributed by atoms with Crippen LogP contribution in [0.1, 0.15) is 52.5 Å². The summed E-state index contributed by atoms with van der Waals surface area (Å²) in [6.45, 7) is 5.74. The number of nitrogen functional groups attached to an aromatic ring is 1. The summed E-state index contributed by atoms with van der Waals surface area (Å²) >= 11 is 0. The Morgan fingerprint density at radius 2 is 1.93 bits per heavy atom. The van der Waals surface area contributed by atoms with Gasteiger partial charge in [0, 0.05) is 29.7 Å². The lowest BCUT2D eigenvalue weighted by molar-refractivity contribution is -0.161. The second kappa shape index (κ2) is 6.96. The third-order valence-corrected chi connectivity index (χ3v) is 5.31. The van der Waals surface area contributed by atoms with Gasteiger partial charge in [0.2, 0.25) is 0 Å². The van der Waals surface area contributed by atoms with E-state index in [1.165, 1.54) is 0 Å². The van der Waals surface area contributed by atoms with Crippen molar-refractivity contribution in [3.05, 3.63) is 36.9 Å². The third-order valence-electron chi connectivity index (χ3n) is 5.31. The Labute approximate surface area is 164 Å². The summed E-state index contributed by atoms with van der Waals surface area (Å²) in [7, 11) is 0. The maximum Gasteiger partial charge on any atom is 0.309 e. The highest BCUT2D eigenvalue weighted by atomic mass is 16.6. The number of aromatic nitrogens is 4. The third kappa shape index (κ3) is 3.74. The normalized spacial score (nSPS) is 20.4. The maximum absolute atomic E-state index is 12.3. The molecule has 0 saturated heterocycles. The van der Waals surface area contributed by atoms with E-state index < -0.39 is 5.60 Å². The molecule has 0 unspecified atom stereocenters. The van der Waals surface area contributed by atoms with Crippen LogP contribution < -0.4 is 5.84 Å². The van der Waals surface area contributed by atoms with E-state index in [4.69, 9.17) is 10.6 Å². The second-order valence-corrected chi connectivity index (χ2v) is 8.60. The summed E-state index contributed by atoms with van der Waals surface area (Å²) in [5.74, 6) is 5.86. The molecular weight excluding hydrogens is 354 g/mol. The van der Waals surface area contributed by atoms with E-state index in [1.54, 1.807) is 10.9 Å². The number of carbonyl (C=O) groups excluding carboxylic acids is 1. The van der Waals surface area contributed by atoms with Crippen LogP contribution >= 0.6 is 0 Å². The van der Waals surface area contributed by atoms with Crippen LogP contribution in [0.2, 0.25) is 0 Å². The standard InChI is InChI=1S/C21H27N5O2/c1-21(2,3)28-20(27)14-4-6-17(7-5-14)26-13-16(12-24-26)15-10-19-18(23-11-15)8-9-25(19)22/h8-14,17H,4-7,22H2,1-3H3. The zero-order valence-corrected chi connectivity index (χ0v) is 16.6. The van der Waals surface area contributed by atoms with Crippen LogP contribution in [0.3, 0.4) is 0 Å². The minimum absolute atomic E-state index is 0.00513. The summed E-state index contributed by atoms with van der Waals surface area (Å²) in [6.07, 6.45) is 11.1. The average molecular weight is 381 g/mol. The topological polar surface area (TPSA) is 88.0 Å². The van der Waals surface area contributed by atoms with Crippen molar-refractivity contribution in [1.29, 1.82) is 0 Å². The molecule has 0 amide bonds. The Kier molecular flexibility index (Phi) is 4.61. The maximum atomic E-state index is 12.3. The summed E-state index contributed by atoms with van der Waals surface area (Å²) in [5.41, 5.74) is 3.35. The van der Waals surface area contributed by atoms with Gasteiger partial charge in [-0.2, -0.15) is 5.10 Å². The zero-order chi connectivity index (χ0) is 19.9. The molecule has 3 aromatic heterocycles. The first kappa shape index (κ1) is 18.5. The monoisotopic (exact) mass is 381 g/mol. The molecule has 0 aliphatic heterocycles. The fourth-order valence-electron chi connectivity index (χ4n) is 3.84. The molecule has 0 spiro atoms. The number of nitrogens with zero attached hydrogens (tertiary/aromatic N) is 4. The van der Waals surface area contributed by atoms with Crippen LogP contribution in [0.15, 0.2) is 36.9 Å². The molecule has 1 aliphatic carbocycles. The van der Waals surface area contributed by atoms with Crippen molar-refractivity contribution in [3.8, 4) is 11.1 Å². The minimum Gasteiger partial charge on any atom is -0.460 e. The summed E-state index contributed by atoms with van der Waals surface area (Å²) in [6, 6.07) is 4.23. The molecule has 0 radical (unpaired) electrons. The predicted molar refractivity (Wildman–Crippen MR) is 108 cm³/mol. The van der Waals surface area contributed by atoms with Gasteiger partial charge in [-0.25, -0.2) is 0 Å².